The minimum absolute atomic E-state index is 0.331. The number of benzene rings is 2. The molecule has 23 heavy (non-hydrogen) atoms. The van der Waals surface area contributed by atoms with Gasteiger partial charge in [0.15, 0.2) is 0 Å². The monoisotopic (exact) mass is 310 g/mol. The van der Waals surface area contributed by atoms with Gasteiger partial charge in [-0.15, -0.1) is 0 Å². The summed E-state index contributed by atoms with van der Waals surface area (Å²) in [6.07, 6.45) is 0. The molecule has 0 saturated heterocycles. The molecule has 116 valence electrons. The Morgan fingerprint density at radius 1 is 1.00 bits per heavy atom. The minimum atomic E-state index is -0.493. The van der Waals surface area contributed by atoms with E-state index in [1.165, 1.54) is 7.11 Å². The summed E-state index contributed by atoms with van der Waals surface area (Å²) in [5, 5.41) is 0.549. The molecule has 0 aliphatic heterocycles. The largest absolute Gasteiger partial charge is 0.465 e. The van der Waals surface area contributed by atoms with E-state index in [0.717, 1.165) is 0 Å². The van der Waals surface area contributed by atoms with E-state index in [4.69, 9.17) is 13.9 Å². The van der Waals surface area contributed by atoms with Crippen molar-refractivity contribution < 1.29 is 23.5 Å². The van der Waals surface area contributed by atoms with Crippen LogP contribution in [0.2, 0.25) is 0 Å². The number of hydrogen-bond donors (Lipinski definition) is 0. The molecule has 0 aliphatic rings. The predicted octanol–water partition coefficient (Wildman–Crippen LogP) is 3.75. The highest BCUT2D eigenvalue weighted by molar-refractivity contribution is 6.05. The van der Waals surface area contributed by atoms with Crippen LogP contribution < -0.4 is 4.74 Å². The molecule has 0 atom stereocenters. The first-order chi connectivity index (χ1) is 11.1. The highest BCUT2D eigenvalue weighted by Gasteiger charge is 2.20. The predicted molar refractivity (Wildman–Crippen MR) is 83.7 cm³/mol. The van der Waals surface area contributed by atoms with Crippen LogP contribution in [0, 0.1) is 6.92 Å². The zero-order chi connectivity index (χ0) is 16.4. The standard InChI is InChI=1S/C18H14O5/c1-11-16(18(20)21-2)14-10-13(8-9-15(14)22-11)23-17(19)12-6-4-3-5-7-12/h3-10H,1-2H3. The molecule has 0 amide bonds. The third-order valence-corrected chi connectivity index (χ3v) is 3.45. The number of carbonyl (C=O) groups excluding carboxylic acids is 2. The van der Waals surface area contributed by atoms with E-state index < -0.39 is 11.9 Å². The Balaban J connectivity index is 1.97. The highest BCUT2D eigenvalue weighted by Crippen LogP contribution is 2.29. The number of esters is 2. The lowest BCUT2D eigenvalue weighted by atomic mass is 10.1. The van der Waals surface area contributed by atoms with Crippen LogP contribution in [0.4, 0.5) is 0 Å². The molecule has 3 aromatic rings. The Hall–Kier alpha value is -3.08. The van der Waals surface area contributed by atoms with Gasteiger partial charge in [0.2, 0.25) is 0 Å². The maximum Gasteiger partial charge on any atom is 0.343 e. The quantitative estimate of drug-likeness (QED) is 0.544. The van der Waals surface area contributed by atoms with Crippen molar-refractivity contribution in [3.63, 3.8) is 0 Å². The van der Waals surface area contributed by atoms with Gasteiger partial charge in [0.05, 0.1) is 12.7 Å². The van der Waals surface area contributed by atoms with Gasteiger partial charge in [0.25, 0.3) is 0 Å². The van der Waals surface area contributed by atoms with Crippen LogP contribution in [0.1, 0.15) is 26.5 Å². The lowest BCUT2D eigenvalue weighted by Crippen LogP contribution is -2.08. The molecular weight excluding hydrogens is 296 g/mol. The van der Waals surface area contributed by atoms with Gasteiger partial charge in [-0.1, -0.05) is 18.2 Å². The minimum Gasteiger partial charge on any atom is -0.465 e. The third kappa shape index (κ3) is 2.81. The van der Waals surface area contributed by atoms with Gasteiger partial charge in [-0.2, -0.15) is 0 Å². The smallest absolute Gasteiger partial charge is 0.343 e. The summed E-state index contributed by atoms with van der Waals surface area (Å²) in [7, 11) is 1.31. The molecule has 0 fully saturated rings. The first kappa shape index (κ1) is 14.8. The molecule has 1 aromatic heterocycles. The average molecular weight is 310 g/mol. The molecule has 0 radical (unpaired) electrons. The Morgan fingerprint density at radius 3 is 2.43 bits per heavy atom. The normalized spacial score (nSPS) is 10.5. The van der Waals surface area contributed by atoms with Crippen LogP contribution in [0.3, 0.4) is 0 Å². The molecule has 1 heterocycles. The van der Waals surface area contributed by atoms with Crippen LogP contribution in [0.25, 0.3) is 11.0 Å². The van der Waals surface area contributed by atoms with Gasteiger partial charge >= 0.3 is 11.9 Å². The van der Waals surface area contributed by atoms with Crippen LogP contribution in [-0.2, 0) is 4.74 Å². The summed E-state index contributed by atoms with van der Waals surface area (Å²) >= 11 is 0. The molecule has 3 rings (SSSR count). The number of aryl methyl sites for hydroxylation is 1. The fourth-order valence-corrected chi connectivity index (χ4v) is 2.36. The van der Waals surface area contributed by atoms with Gasteiger partial charge in [0, 0.05) is 5.39 Å². The number of methoxy groups -OCH3 is 1. The van der Waals surface area contributed by atoms with Crippen LogP contribution in [0.15, 0.2) is 52.9 Å². The second kappa shape index (κ2) is 5.96. The average Bonchev–Trinajstić information content (AvgIpc) is 2.90. The molecule has 2 aromatic carbocycles. The van der Waals surface area contributed by atoms with Crippen LogP contribution >= 0.6 is 0 Å². The van der Waals surface area contributed by atoms with E-state index in [-0.39, 0.29) is 0 Å². The van der Waals surface area contributed by atoms with Crippen LogP contribution in [-0.4, -0.2) is 19.0 Å². The summed E-state index contributed by atoms with van der Waals surface area (Å²) in [6, 6.07) is 13.5. The first-order valence-corrected chi connectivity index (χ1v) is 6.99. The molecule has 0 N–H and O–H groups in total. The Morgan fingerprint density at radius 2 is 1.74 bits per heavy atom. The zero-order valence-electron chi connectivity index (χ0n) is 12.7. The first-order valence-electron chi connectivity index (χ1n) is 6.99. The number of fused-ring (bicyclic) bond motifs is 1. The van der Waals surface area contributed by atoms with Gasteiger partial charge in [-0.05, 0) is 37.3 Å². The summed E-state index contributed by atoms with van der Waals surface area (Å²) in [4.78, 5) is 24.0. The molecule has 5 nitrogen and oxygen atoms in total. The molecule has 0 aliphatic carbocycles. The van der Waals surface area contributed by atoms with E-state index in [2.05, 4.69) is 0 Å². The summed E-state index contributed by atoms with van der Waals surface area (Å²) in [5.41, 5.74) is 1.31. The second-order valence-corrected chi connectivity index (χ2v) is 4.94. The summed E-state index contributed by atoms with van der Waals surface area (Å²) in [6.45, 7) is 1.68. The zero-order valence-corrected chi connectivity index (χ0v) is 12.7. The van der Waals surface area contributed by atoms with E-state index in [0.29, 0.717) is 33.6 Å². The van der Waals surface area contributed by atoms with Gasteiger partial charge < -0.3 is 13.9 Å². The SMILES string of the molecule is COC(=O)c1c(C)oc2ccc(OC(=O)c3ccccc3)cc12. The van der Waals surface area contributed by atoms with Crippen molar-refractivity contribution >= 4 is 22.9 Å². The molecule has 0 bridgehead atoms. The lowest BCUT2D eigenvalue weighted by Gasteiger charge is -2.04. The van der Waals surface area contributed by atoms with E-state index in [1.807, 2.05) is 6.07 Å². The molecule has 0 unspecified atom stereocenters. The number of rotatable bonds is 3. The maximum absolute atomic E-state index is 12.1. The molecular formula is C18H14O5. The van der Waals surface area contributed by atoms with Crippen molar-refractivity contribution in [1.29, 1.82) is 0 Å². The lowest BCUT2D eigenvalue weighted by molar-refractivity contribution is 0.0600. The fourth-order valence-electron chi connectivity index (χ4n) is 2.36. The fraction of sp³-hybridized carbons (Fsp3) is 0.111. The van der Waals surface area contributed by atoms with Gasteiger partial charge in [-0.3, -0.25) is 0 Å². The van der Waals surface area contributed by atoms with Gasteiger partial charge in [-0.25, -0.2) is 9.59 Å². The number of carbonyl (C=O) groups is 2. The Kier molecular flexibility index (Phi) is 3.85. The summed E-state index contributed by atoms with van der Waals surface area (Å²) in [5.74, 6) is -0.173. The van der Waals surface area contributed by atoms with Crippen molar-refractivity contribution in [2.24, 2.45) is 0 Å². The Bertz CT molecular complexity index is 877. The maximum atomic E-state index is 12.1. The van der Waals surface area contributed by atoms with Crippen molar-refractivity contribution in [2.45, 2.75) is 6.92 Å². The number of furan rings is 1. The van der Waals surface area contributed by atoms with E-state index in [1.54, 1.807) is 49.4 Å². The van der Waals surface area contributed by atoms with Crippen molar-refractivity contribution in [1.82, 2.24) is 0 Å². The molecule has 5 heteroatoms. The highest BCUT2D eigenvalue weighted by atomic mass is 16.5. The van der Waals surface area contributed by atoms with Crippen molar-refractivity contribution in [3.8, 4) is 5.75 Å². The number of hydrogen-bond acceptors (Lipinski definition) is 5. The van der Waals surface area contributed by atoms with Crippen LogP contribution in [0.5, 0.6) is 5.75 Å². The van der Waals surface area contributed by atoms with Crippen molar-refractivity contribution in [3.05, 3.63) is 65.4 Å². The third-order valence-electron chi connectivity index (χ3n) is 3.45. The van der Waals surface area contributed by atoms with Gasteiger partial charge in [0.1, 0.15) is 22.7 Å². The van der Waals surface area contributed by atoms with Crippen molar-refractivity contribution in [2.75, 3.05) is 7.11 Å². The second-order valence-electron chi connectivity index (χ2n) is 4.94. The molecule has 0 saturated carbocycles. The van der Waals surface area contributed by atoms with E-state index >= 15 is 0 Å². The number of ether oxygens (including phenoxy) is 2. The van der Waals surface area contributed by atoms with E-state index in [9.17, 15) is 9.59 Å². The summed E-state index contributed by atoms with van der Waals surface area (Å²) < 4.78 is 15.6. The Labute approximate surface area is 132 Å². The topological polar surface area (TPSA) is 65.7 Å². The molecule has 0 spiro atoms.